The first kappa shape index (κ1) is 13.0. The molecule has 1 aromatic rings. The second kappa shape index (κ2) is 5.49. The summed E-state index contributed by atoms with van der Waals surface area (Å²) < 4.78 is 0. The number of thiazole rings is 1. The predicted octanol–water partition coefficient (Wildman–Crippen LogP) is 3.65. The normalized spacial score (nSPS) is 18.8. The van der Waals surface area contributed by atoms with Crippen molar-refractivity contribution in [1.29, 1.82) is 0 Å². The molecule has 0 aliphatic heterocycles. The van der Waals surface area contributed by atoms with Crippen LogP contribution in [0.4, 0.5) is 0 Å². The van der Waals surface area contributed by atoms with Gasteiger partial charge in [0.1, 0.15) is 5.01 Å². The zero-order valence-corrected chi connectivity index (χ0v) is 12.1. The maximum Gasteiger partial charge on any atom is 0.113 e. The lowest BCUT2D eigenvalue weighted by atomic mass is 9.99. The molecule has 1 N–H and O–H groups in total. The molecule has 0 amide bonds. The second-order valence-electron chi connectivity index (χ2n) is 5.21. The molecular weight excluding hydrogens is 228 g/mol. The van der Waals surface area contributed by atoms with Gasteiger partial charge < -0.3 is 5.32 Å². The molecule has 3 heteroatoms. The molecule has 1 unspecified atom stereocenters. The van der Waals surface area contributed by atoms with E-state index in [1.54, 1.807) is 4.88 Å². The summed E-state index contributed by atoms with van der Waals surface area (Å²) in [7, 11) is 0. The van der Waals surface area contributed by atoms with Crippen LogP contribution in [0.5, 0.6) is 0 Å². The van der Waals surface area contributed by atoms with Gasteiger partial charge in [0.25, 0.3) is 0 Å². The number of fused-ring (bicyclic) bond motifs is 1. The topological polar surface area (TPSA) is 24.9 Å². The van der Waals surface area contributed by atoms with Gasteiger partial charge in [0.15, 0.2) is 0 Å². The highest BCUT2D eigenvalue weighted by molar-refractivity contribution is 7.11. The van der Waals surface area contributed by atoms with E-state index in [1.165, 1.54) is 42.8 Å². The first-order valence-electron chi connectivity index (χ1n) is 6.93. The number of rotatable bonds is 5. The minimum absolute atomic E-state index is 0.0814. The van der Waals surface area contributed by atoms with Crippen LogP contribution < -0.4 is 5.32 Å². The minimum Gasteiger partial charge on any atom is -0.306 e. The molecule has 2 rings (SSSR count). The minimum atomic E-state index is 0.0814. The van der Waals surface area contributed by atoms with Crippen molar-refractivity contribution < 1.29 is 0 Å². The van der Waals surface area contributed by atoms with Gasteiger partial charge in [0, 0.05) is 4.88 Å². The molecule has 0 saturated carbocycles. The molecule has 1 aliphatic rings. The molecule has 0 spiro atoms. The van der Waals surface area contributed by atoms with Gasteiger partial charge in [-0.05, 0) is 52.0 Å². The van der Waals surface area contributed by atoms with E-state index < -0.39 is 0 Å². The van der Waals surface area contributed by atoms with E-state index >= 15 is 0 Å². The first-order chi connectivity index (χ1) is 8.19. The fourth-order valence-electron chi connectivity index (χ4n) is 2.34. The molecule has 0 bridgehead atoms. The van der Waals surface area contributed by atoms with Crippen molar-refractivity contribution in [2.24, 2.45) is 0 Å². The van der Waals surface area contributed by atoms with Gasteiger partial charge in [0.2, 0.25) is 0 Å². The quantitative estimate of drug-likeness (QED) is 0.865. The Balaban J connectivity index is 2.21. The Morgan fingerprint density at radius 2 is 2.06 bits per heavy atom. The largest absolute Gasteiger partial charge is 0.306 e. The number of aromatic nitrogens is 1. The molecule has 1 aliphatic carbocycles. The summed E-state index contributed by atoms with van der Waals surface area (Å²) in [5, 5.41) is 4.97. The van der Waals surface area contributed by atoms with Gasteiger partial charge in [-0.2, -0.15) is 0 Å². The summed E-state index contributed by atoms with van der Waals surface area (Å²) in [6, 6.07) is 0. The summed E-state index contributed by atoms with van der Waals surface area (Å²) >= 11 is 1.94. The molecule has 0 fully saturated rings. The van der Waals surface area contributed by atoms with Gasteiger partial charge in [-0.1, -0.05) is 13.8 Å². The highest BCUT2D eigenvalue weighted by Crippen LogP contribution is 2.34. The molecule has 0 saturated heterocycles. The van der Waals surface area contributed by atoms with Crippen LogP contribution in [0.1, 0.15) is 62.0 Å². The number of nitrogens with zero attached hydrogens (tertiary/aromatic N) is 1. The number of hydrogen-bond donors (Lipinski definition) is 1. The Morgan fingerprint density at radius 1 is 1.29 bits per heavy atom. The number of hydrogen-bond acceptors (Lipinski definition) is 3. The van der Waals surface area contributed by atoms with Crippen LogP contribution in [-0.4, -0.2) is 11.5 Å². The van der Waals surface area contributed by atoms with Crippen LogP contribution in [0.15, 0.2) is 0 Å². The number of nitrogens with one attached hydrogen (secondary N) is 1. The average molecular weight is 252 g/mol. The van der Waals surface area contributed by atoms with Gasteiger partial charge in [0.05, 0.1) is 11.2 Å². The van der Waals surface area contributed by atoms with E-state index in [9.17, 15) is 0 Å². The lowest BCUT2D eigenvalue weighted by Crippen LogP contribution is -2.39. The van der Waals surface area contributed by atoms with Crippen LogP contribution >= 0.6 is 11.3 Å². The molecule has 96 valence electrons. The van der Waals surface area contributed by atoms with Crippen LogP contribution in [0.2, 0.25) is 0 Å². The van der Waals surface area contributed by atoms with E-state index in [0.717, 1.165) is 13.0 Å². The lowest BCUT2D eigenvalue weighted by Gasteiger charge is -2.27. The molecule has 0 radical (unpaired) electrons. The Morgan fingerprint density at radius 3 is 2.71 bits per heavy atom. The smallest absolute Gasteiger partial charge is 0.113 e. The summed E-state index contributed by atoms with van der Waals surface area (Å²) in [6.45, 7) is 7.85. The zero-order chi connectivity index (χ0) is 12.3. The molecule has 2 nitrogen and oxygen atoms in total. The Bertz CT molecular complexity index is 349. The van der Waals surface area contributed by atoms with E-state index in [1.807, 2.05) is 11.3 Å². The van der Waals surface area contributed by atoms with Crippen LogP contribution in [0, 0.1) is 0 Å². The Hall–Kier alpha value is -0.410. The fourth-order valence-corrected chi connectivity index (χ4v) is 3.68. The Labute approximate surface area is 109 Å². The molecule has 1 aromatic heterocycles. The van der Waals surface area contributed by atoms with Crippen molar-refractivity contribution in [3.8, 4) is 0 Å². The predicted molar refractivity (Wildman–Crippen MR) is 74.7 cm³/mol. The number of aryl methyl sites for hydroxylation is 2. The van der Waals surface area contributed by atoms with Crippen molar-refractivity contribution in [2.45, 2.75) is 64.8 Å². The van der Waals surface area contributed by atoms with Gasteiger partial charge >= 0.3 is 0 Å². The standard InChI is InChI=1S/C14H24N2S/c1-4-10-15-14(3,5-2)13-16-11-8-6-7-9-12(11)17-13/h15H,4-10H2,1-3H3. The molecular formula is C14H24N2S. The van der Waals surface area contributed by atoms with E-state index in [0.29, 0.717) is 0 Å². The maximum absolute atomic E-state index is 4.90. The van der Waals surface area contributed by atoms with E-state index in [2.05, 4.69) is 26.1 Å². The zero-order valence-electron chi connectivity index (χ0n) is 11.3. The Kier molecular flexibility index (Phi) is 4.21. The summed E-state index contributed by atoms with van der Waals surface area (Å²) in [5.41, 5.74) is 1.46. The van der Waals surface area contributed by atoms with Gasteiger partial charge in [-0.25, -0.2) is 4.98 Å². The van der Waals surface area contributed by atoms with Crippen LogP contribution in [-0.2, 0) is 18.4 Å². The third-order valence-corrected chi connectivity index (χ3v) is 5.21. The maximum atomic E-state index is 4.90. The highest BCUT2D eigenvalue weighted by atomic mass is 32.1. The first-order valence-corrected chi connectivity index (χ1v) is 7.75. The summed E-state index contributed by atoms with van der Waals surface area (Å²) in [4.78, 5) is 6.45. The van der Waals surface area contributed by atoms with Crippen LogP contribution in [0.25, 0.3) is 0 Å². The third-order valence-electron chi connectivity index (χ3n) is 3.79. The van der Waals surface area contributed by atoms with Crippen LogP contribution in [0.3, 0.4) is 0 Å². The van der Waals surface area contributed by atoms with E-state index in [-0.39, 0.29) is 5.54 Å². The lowest BCUT2D eigenvalue weighted by molar-refractivity contribution is 0.352. The summed E-state index contributed by atoms with van der Waals surface area (Å²) in [5.74, 6) is 0. The third kappa shape index (κ3) is 2.71. The molecule has 0 aromatic carbocycles. The second-order valence-corrected chi connectivity index (χ2v) is 6.29. The SMILES string of the molecule is CCCNC(C)(CC)c1nc2c(s1)CCCC2. The van der Waals surface area contributed by atoms with Gasteiger partial charge in [-0.15, -0.1) is 11.3 Å². The van der Waals surface area contributed by atoms with Crippen molar-refractivity contribution in [3.05, 3.63) is 15.6 Å². The van der Waals surface area contributed by atoms with Crippen molar-refractivity contribution >= 4 is 11.3 Å². The van der Waals surface area contributed by atoms with Crippen molar-refractivity contribution in [2.75, 3.05) is 6.54 Å². The molecule has 1 atom stereocenters. The average Bonchev–Trinajstić information content (AvgIpc) is 2.80. The van der Waals surface area contributed by atoms with Gasteiger partial charge in [-0.3, -0.25) is 0 Å². The van der Waals surface area contributed by atoms with E-state index in [4.69, 9.17) is 4.98 Å². The summed E-state index contributed by atoms with van der Waals surface area (Å²) in [6.07, 6.45) is 7.40. The van der Waals surface area contributed by atoms with Crippen molar-refractivity contribution in [1.82, 2.24) is 10.3 Å². The molecule has 1 heterocycles. The molecule has 17 heavy (non-hydrogen) atoms. The fraction of sp³-hybridized carbons (Fsp3) is 0.786. The van der Waals surface area contributed by atoms with Crippen molar-refractivity contribution in [3.63, 3.8) is 0 Å². The monoisotopic (exact) mass is 252 g/mol. The highest BCUT2D eigenvalue weighted by Gasteiger charge is 2.29.